The van der Waals surface area contributed by atoms with Crippen LogP contribution in [-0.2, 0) is 11.4 Å². The van der Waals surface area contributed by atoms with Crippen molar-refractivity contribution in [2.75, 3.05) is 37.9 Å². The van der Waals surface area contributed by atoms with Gasteiger partial charge in [-0.15, -0.1) is 0 Å². The van der Waals surface area contributed by atoms with Crippen LogP contribution in [0, 0.1) is 11.3 Å². The highest BCUT2D eigenvalue weighted by atomic mass is 79.9. The van der Waals surface area contributed by atoms with Gasteiger partial charge in [-0.2, -0.15) is 5.26 Å². The predicted octanol–water partition coefficient (Wildman–Crippen LogP) is 6.92. The second-order valence-electron chi connectivity index (χ2n) is 9.42. The van der Waals surface area contributed by atoms with Gasteiger partial charge < -0.3 is 25.0 Å². The molecular formula is C30H30BrClN6O3. The summed E-state index contributed by atoms with van der Waals surface area (Å²) in [6, 6.07) is 16.6. The van der Waals surface area contributed by atoms with Gasteiger partial charge in [0.2, 0.25) is 5.91 Å². The second-order valence-corrected chi connectivity index (χ2v) is 10.6. The average molecular weight is 638 g/mol. The van der Waals surface area contributed by atoms with Gasteiger partial charge in [-0.25, -0.2) is 4.98 Å². The molecule has 4 rings (SSSR count). The molecule has 0 radical (unpaired) electrons. The summed E-state index contributed by atoms with van der Waals surface area (Å²) in [5.41, 5.74) is 3.39. The molecule has 9 nitrogen and oxygen atoms in total. The van der Waals surface area contributed by atoms with Crippen molar-refractivity contribution < 1.29 is 14.3 Å². The standard InChI is InChI=1S/C30H30BrClN6O3/c1-4-40-27-15-24-22(14-25(27)37-29(39)9-6-12-38(2)3)30(19(16-33)17-34-24)36-20-10-11-26(23(32)13-20)41-18-21-7-5-8-28(31)35-21/h5,7-8,10-11,13-15,17H,4,6,9,12,18H2,1-3H3,(H,34,36)(H,37,39). The third-order valence-electron chi connectivity index (χ3n) is 6.02. The molecule has 4 aromatic rings. The highest BCUT2D eigenvalue weighted by molar-refractivity contribution is 9.10. The molecule has 1 amide bonds. The third-order valence-corrected chi connectivity index (χ3v) is 6.76. The van der Waals surface area contributed by atoms with E-state index in [1.165, 1.54) is 6.20 Å². The van der Waals surface area contributed by atoms with Crippen LogP contribution < -0.4 is 20.1 Å². The van der Waals surface area contributed by atoms with Crippen LogP contribution in [0.1, 0.15) is 31.0 Å². The Labute approximate surface area is 252 Å². The summed E-state index contributed by atoms with van der Waals surface area (Å²) < 4.78 is 12.4. The summed E-state index contributed by atoms with van der Waals surface area (Å²) in [5, 5.41) is 17.2. The molecule has 2 heterocycles. The quantitative estimate of drug-likeness (QED) is 0.161. The molecule has 41 heavy (non-hydrogen) atoms. The molecule has 212 valence electrons. The molecule has 0 unspecified atom stereocenters. The maximum absolute atomic E-state index is 12.7. The second kappa shape index (κ2) is 14.1. The van der Waals surface area contributed by atoms with Crippen molar-refractivity contribution in [3.05, 3.63) is 75.6 Å². The van der Waals surface area contributed by atoms with Crippen molar-refractivity contribution in [2.45, 2.75) is 26.4 Å². The van der Waals surface area contributed by atoms with E-state index in [1.807, 2.05) is 50.2 Å². The molecular weight excluding hydrogens is 608 g/mol. The predicted molar refractivity (Wildman–Crippen MR) is 165 cm³/mol. The van der Waals surface area contributed by atoms with Crippen molar-refractivity contribution >= 4 is 61.4 Å². The lowest BCUT2D eigenvalue weighted by Gasteiger charge is -2.17. The van der Waals surface area contributed by atoms with Crippen molar-refractivity contribution in [3.63, 3.8) is 0 Å². The van der Waals surface area contributed by atoms with E-state index >= 15 is 0 Å². The fourth-order valence-corrected chi connectivity index (χ4v) is 4.72. The molecule has 0 aliphatic heterocycles. The number of rotatable bonds is 12. The zero-order chi connectivity index (χ0) is 29.4. The number of nitrogens with one attached hydrogen (secondary N) is 2. The van der Waals surface area contributed by atoms with Gasteiger partial charge in [0, 0.05) is 29.8 Å². The number of benzene rings is 2. The van der Waals surface area contributed by atoms with Crippen LogP contribution >= 0.6 is 27.5 Å². The highest BCUT2D eigenvalue weighted by Gasteiger charge is 2.16. The Morgan fingerprint density at radius 2 is 1.98 bits per heavy atom. The number of hydrogen-bond donors (Lipinski definition) is 2. The fourth-order valence-electron chi connectivity index (χ4n) is 4.10. The lowest BCUT2D eigenvalue weighted by atomic mass is 10.1. The van der Waals surface area contributed by atoms with E-state index in [0.29, 0.717) is 63.1 Å². The minimum Gasteiger partial charge on any atom is -0.492 e. The van der Waals surface area contributed by atoms with Gasteiger partial charge in [0.05, 0.1) is 39.8 Å². The molecule has 2 N–H and O–H groups in total. The maximum Gasteiger partial charge on any atom is 0.224 e. The van der Waals surface area contributed by atoms with Crippen LogP contribution in [0.15, 0.2) is 59.3 Å². The molecule has 0 spiro atoms. The maximum atomic E-state index is 12.7. The third kappa shape index (κ3) is 8.07. The number of ether oxygens (including phenoxy) is 2. The molecule has 0 fully saturated rings. The first-order valence-corrected chi connectivity index (χ1v) is 14.2. The number of halogens is 2. The van der Waals surface area contributed by atoms with Gasteiger partial charge in [-0.05, 0) is 86.3 Å². The number of carbonyl (C=O) groups is 1. The number of carbonyl (C=O) groups excluding carboxylic acids is 1. The molecule has 11 heteroatoms. The zero-order valence-electron chi connectivity index (χ0n) is 23.0. The van der Waals surface area contributed by atoms with Crippen LogP contribution in [0.3, 0.4) is 0 Å². The first kappa shape index (κ1) is 30.1. The molecule has 0 aliphatic rings. The van der Waals surface area contributed by atoms with Crippen LogP contribution in [-0.4, -0.2) is 48.0 Å². The van der Waals surface area contributed by atoms with E-state index in [4.69, 9.17) is 21.1 Å². The van der Waals surface area contributed by atoms with Gasteiger partial charge >= 0.3 is 0 Å². The topological polar surface area (TPSA) is 112 Å². The van der Waals surface area contributed by atoms with Gasteiger partial charge in [0.1, 0.15) is 28.8 Å². The summed E-state index contributed by atoms with van der Waals surface area (Å²) >= 11 is 9.90. The van der Waals surface area contributed by atoms with Gasteiger partial charge in [-0.1, -0.05) is 17.7 Å². The minimum atomic E-state index is -0.119. The van der Waals surface area contributed by atoms with E-state index < -0.39 is 0 Å². The van der Waals surface area contributed by atoms with Crippen LogP contribution in [0.4, 0.5) is 17.1 Å². The number of pyridine rings is 2. The van der Waals surface area contributed by atoms with Crippen LogP contribution in [0.25, 0.3) is 10.9 Å². The molecule has 0 atom stereocenters. The molecule has 0 aliphatic carbocycles. The van der Waals surface area contributed by atoms with Crippen molar-refractivity contribution in [1.82, 2.24) is 14.9 Å². The number of nitriles is 1. The summed E-state index contributed by atoms with van der Waals surface area (Å²) in [6.07, 6.45) is 2.60. The largest absolute Gasteiger partial charge is 0.492 e. The van der Waals surface area contributed by atoms with E-state index in [9.17, 15) is 10.1 Å². The number of amides is 1. The Morgan fingerprint density at radius 1 is 1.15 bits per heavy atom. The summed E-state index contributed by atoms with van der Waals surface area (Å²) in [6.45, 7) is 3.35. The number of fused-ring (bicyclic) bond motifs is 1. The summed E-state index contributed by atoms with van der Waals surface area (Å²) in [7, 11) is 3.94. The summed E-state index contributed by atoms with van der Waals surface area (Å²) in [4.78, 5) is 23.6. The van der Waals surface area contributed by atoms with E-state index in [0.717, 1.165) is 23.3 Å². The Kier molecular flexibility index (Phi) is 10.4. The SMILES string of the molecule is CCOc1cc2ncc(C#N)c(Nc3ccc(OCc4cccc(Br)n4)c(Cl)c3)c2cc1NC(=O)CCCN(C)C. The Morgan fingerprint density at radius 3 is 2.68 bits per heavy atom. The molecule has 2 aromatic heterocycles. The Bertz CT molecular complexity index is 1590. The van der Waals surface area contributed by atoms with E-state index in [-0.39, 0.29) is 12.5 Å². The van der Waals surface area contributed by atoms with Gasteiger partial charge in [0.25, 0.3) is 0 Å². The highest BCUT2D eigenvalue weighted by Crippen LogP contribution is 2.37. The number of aromatic nitrogens is 2. The van der Waals surface area contributed by atoms with E-state index in [2.05, 4.69) is 42.6 Å². The lowest BCUT2D eigenvalue weighted by molar-refractivity contribution is -0.116. The Balaban J connectivity index is 1.61. The van der Waals surface area contributed by atoms with Crippen LogP contribution in [0.2, 0.25) is 5.02 Å². The first-order valence-electron chi connectivity index (χ1n) is 13.0. The Hall–Kier alpha value is -3.91. The number of hydrogen-bond acceptors (Lipinski definition) is 8. The minimum absolute atomic E-state index is 0.119. The molecule has 2 aromatic carbocycles. The number of nitrogens with zero attached hydrogens (tertiary/aromatic N) is 4. The lowest BCUT2D eigenvalue weighted by Crippen LogP contribution is -2.17. The molecule has 0 saturated carbocycles. The summed E-state index contributed by atoms with van der Waals surface area (Å²) in [5.74, 6) is 0.889. The number of anilines is 3. The average Bonchev–Trinajstić information content (AvgIpc) is 2.93. The van der Waals surface area contributed by atoms with Crippen LogP contribution in [0.5, 0.6) is 11.5 Å². The van der Waals surface area contributed by atoms with Gasteiger partial charge in [-0.3, -0.25) is 9.78 Å². The van der Waals surface area contributed by atoms with E-state index in [1.54, 1.807) is 24.3 Å². The zero-order valence-corrected chi connectivity index (χ0v) is 25.3. The van der Waals surface area contributed by atoms with Crippen molar-refractivity contribution in [3.8, 4) is 17.6 Å². The van der Waals surface area contributed by atoms with Gasteiger partial charge in [0.15, 0.2) is 0 Å². The molecule has 0 saturated heterocycles. The normalized spacial score (nSPS) is 10.9. The molecule has 0 bridgehead atoms. The monoisotopic (exact) mass is 636 g/mol. The van der Waals surface area contributed by atoms with Crippen molar-refractivity contribution in [2.24, 2.45) is 0 Å². The fraction of sp³-hybridized carbons (Fsp3) is 0.267. The van der Waals surface area contributed by atoms with Crippen molar-refractivity contribution in [1.29, 1.82) is 5.26 Å². The first-order chi connectivity index (χ1) is 19.8. The smallest absolute Gasteiger partial charge is 0.224 e.